The van der Waals surface area contributed by atoms with E-state index in [0.29, 0.717) is 11.3 Å². The number of nitrogens with one attached hydrogen (secondary N) is 1. The summed E-state index contributed by atoms with van der Waals surface area (Å²) in [6.45, 7) is 4.11. The van der Waals surface area contributed by atoms with Gasteiger partial charge in [0.25, 0.3) is 11.8 Å². The van der Waals surface area contributed by atoms with Gasteiger partial charge in [0.15, 0.2) is 0 Å². The van der Waals surface area contributed by atoms with Gasteiger partial charge in [0, 0.05) is 31.7 Å². The average molecular weight is 492 g/mol. The molecule has 0 radical (unpaired) electrons. The van der Waals surface area contributed by atoms with E-state index in [1.54, 1.807) is 24.3 Å². The molecule has 1 saturated heterocycles. The van der Waals surface area contributed by atoms with Gasteiger partial charge in [-0.1, -0.05) is 26.0 Å². The van der Waals surface area contributed by atoms with E-state index in [-0.39, 0.29) is 38.0 Å². The van der Waals surface area contributed by atoms with Crippen LogP contribution in [-0.2, 0) is 11.0 Å². The number of carbonyl (C=O) groups is 3. The Bertz CT molecular complexity index is 1060. The number of hydrogen-bond acceptors (Lipinski definition) is 4. The number of benzene rings is 2. The summed E-state index contributed by atoms with van der Waals surface area (Å²) >= 11 is 0. The highest BCUT2D eigenvalue weighted by atomic mass is 19.4. The van der Waals surface area contributed by atoms with Crippen LogP contribution >= 0.6 is 0 Å². The fourth-order valence-corrected chi connectivity index (χ4v) is 3.89. The summed E-state index contributed by atoms with van der Waals surface area (Å²) in [5, 5.41) is 2.77. The van der Waals surface area contributed by atoms with Crippen LogP contribution in [0.15, 0.2) is 48.5 Å². The van der Waals surface area contributed by atoms with E-state index in [2.05, 4.69) is 5.32 Å². The number of carbonyl (C=O) groups excluding carboxylic acids is 3. The molecular formula is C25H28F3N3O4. The molecule has 0 aromatic heterocycles. The Labute approximate surface area is 201 Å². The predicted molar refractivity (Wildman–Crippen MR) is 123 cm³/mol. The van der Waals surface area contributed by atoms with Gasteiger partial charge in [-0.3, -0.25) is 14.4 Å². The van der Waals surface area contributed by atoms with Crippen LogP contribution < -0.4 is 10.1 Å². The zero-order valence-electron chi connectivity index (χ0n) is 19.8. The monoisotopic (exact) mass is 491 g/mol. The van der Waals surface area contributed by atoms with E-state index in [0.717, 1.165) is 12.1 Å². The molecule has 1 aliphatic rings. The molecule has 2 aromatic rings. The van der Waals surface area contributed by atoms with Crippen molar-refractivity contribution in [3.8, 4) is 5.75 Å². The number of ether oxygens (including phenoxy) is 1. The molecule has 3 amide bonds. The standard InChI is InChI=1S/C25H28F3N3O4/c1-16(2)21(29-22(32)17-8-10-18(35-3)11-9-17)24(34)31-14-12-30(13-15-31)23(33)19-6-4-5-7-20(19)25(26,27)28/h4-11,16,21H,12-15H2,1-3H3,(H,29,32). The van der Waals surface area contributed by atoms with Crippen molar-refractivity contribution in [3.05, 3.63) is 65.2 Å². The largest absolute Gasteiger partial charge is 0.497 e. The number of rotatable bonds is 6. The van der Waals surface area contributed by atoms with Crippen molar-refractivity contribution < 1.29 is 32.3 Å². The van der Waals surface area contributed by atoms with Crippen LogP contribution in [0.25, 0.3) is 0 Å². The van der Waals surface area contributed by atoms with Crippen LogP contribution in [0.2, 0.25) is 0 Å². The summed E-state index contributed by atoms with van der Waals surface area (Å²) in [6, 6.07) is 10.4. The maximum atomic E-state index is 13.3. The van der Waals surface area contributed by atoms with Gasteiger partial charge in [0.1, 0.15) is 11.8 Å². The van der Waals surface area contributed by atoms with Gasteiger partial charge in [-0.15, -0.1) is 0 Å². The molecule has 1 N–H and O–H groups in total. The van der Waals surface area contributed by atoms with Crippen molar-refractivity contribution in [2.75, 3.05) is 33.3 Å². The van der Waals surface area contributed by atoms with E-state index < -0.39 is 35.2 Å². The third kappa shape index (κ3) is 6.12. The lowest BCUT2D eigenvalue weighted by Gasteiger charge is -2.37. The first-order chi connectivity index (χ1) is 16.5. The van der Waals surface area contributed by atoms with Gasteiger partial charge in [-0.2, -0.15) is 13.2 Å². The Balaban J connectivity index is 1.65. The first-order valence-corrected chi connectivity index (χ1v) is 11.2. The maximum absolute atomic E-state index is 13.3. The minimum Gasteiger partial charge on any atom is -0.497 e. The van der Waals surface area contributed by atoms with Crippen molar-refractivity contribution >= 4 is 17.7 Å². The zero-order chi connectivity index (χ0) is 25.8. The Kier molecular flexibility index (Phi) is 8.03. The Morgan fingerprint density at radius 1 is 0.914 bits per heavy atom. The van der Waals surface area contributed by atoms with Crippen molar-refractivity contribution in [1.82, 2.24) is 15.1 Å². The molecule has 188 valence electrons. The predicted octanol–water partition coefficient (Wildman–Crippen LogP) is 3.45. The first kappa shape index (κ1) is 26.1. The highest BCUT2D eigenvalue weighted by Gasteiger charge is 2.37. The lowest BCUT2D eigenvalue weighted by molar-refractivity contribution is -0.138. The lowest BCUT2D eigenvalue weighted by atomic mass is 10.0. The molecule has 1 unspecified atom stereocenters. The quantitative estimate of drug-likeness (QED) is 0.672. The number of hydrogen-bond donors (Lipinski definition) is 1. The molecule has 0 aliphatic carbocycles. The number of halogens is 3. The van der Waals surface area contributed by atoms with Crippen molar-refractivity contribution in [3.63, 3.8) is 0 Å². The SMILES string of the molecule is COc1ccc(C(=O)NC(C(=O)N2CCN(C(=O)c3ccccc3C(F)(F)F)CC2)C(C)C)cc1. The smallest absolute Gasteiger partial charge is 0.417 e. The maximum Gasteiger partial charge on any atom is 0.417 e. The Morgan fingerprint density at radius 2 is 1.49 bits per heavy atom. The lowest BCUT2D eigenvalue weighted by Crippen LogP contribution is -2.57. The average Bonchev–Trinajstić information content (AvgIpc) is 2.85. The van der Waals surface area contributed by atoms with E-state index in [4.69, 9.17) is 4.74 Å². The molecule has 0 spiro atoms. The third-order valence-electron chi connectivity index (χ3n) is 5.91. The molecule has 1 atom stereocenters. The second-order valence-corrected chi connectivity index (χ2v) is 8.58. The summed E-state index contributed by atoms with van der Waals surface area (Å²) < 4.78 is 45.0. The zero-order valence-corrected chi connectivity index (χ0v) is 19.8. The number of alkyl halides is 3. The summed E-state index contributed by atoms with van der Waals surface area (Å²) in [6.07, 6.45) is -4.64. The summed E-state index contributed by atoms with van der Waals surface area (Å²) in [5.74, 6) is -1.04. The highest BCUT2D eigenvalue weighted by Crippen LogP contribution is 2.32. The van der Waals surface area contributed by atoms with Crippen molar-refractivity contribution in [2.45, 2.75) is 26.1 Å². The molecule has 0 saturated carbocycles. The molecule has 2 aromatic carbocycles. The second-order valence-electron chi connectivity index (χ2n) is 8.58. The van der Waals surface area contributed by atoms with E-state index in [1.807, 2.05) is 13.8 Å². The van der Waals surface area contributed by atoms with E-state index >= 15 is 0 Å². The van der Waals surface area contributed by atoms with E-state index in [1.165, 1.54) is 29.0 Å². The molecule has 3 rings (SSSR count). The van der Waals surface area contributed by atoms with Crippen LogP contribution in [0.5, 0.6) is 5.75 Å². The van der Waals surface area contributed by atoms with Gasteiger partial charge in [0.05, 0.1) is 18.2 Å². The highest BCUT2D eigenvalue weighted by molar-refractivity contribution is 5.98. The number of nitrogens with zero attached hydrogens (tertiary/aromatic N) is 2. The topological polar surface area (TPSA) is 79.0 Å². The fraction of sp³-hybridized carbons (Fsp3) is 0.400. The van der Waals surface area contributed by atoms with Crippen LogP contribution in [0, 0.1) is 5.92 Å². The van der Waals surface area contributed by atoms with Gasteiger partial charge in [0.2, 0.25) is 5.91 Å². The Morgan fingerprint density at radius 3 is 2.03 bits per heavy atom. The molecule has 1 fully saturated rings. The normalized spacial score (nSPS) is 15.1. The van der Waals surface area contributed by atoms with Crippen LogP contribution in [0.3, 0.4) is 0 Å². The molecule has 10 heteroatoms. The molecule has 35 heavy (non-hydrogen) atoms. The van der Waals surface area contributed by atoms with Crippen LogP contribution in [0.1, 0.15) is 40.1 Å². The van der Waals surface area contributed by atoms with Crippen LogP contribution in [-0.4, -0.2) is 66.9 Å². The van der Waals surface area contributed by atoms with Gasteiger partial charge in [-0.05, 0) is 42.3 Å². The summed E-state index contributed by atoms with van der Waals surface area (Å²) in [7, 11) is 1.52. The van der Waals surface area contributed by atoms with Gasteiger partial charge < -0.3 is 19.9 Å². The number of methoxy groups -OCH3 is 1. The molecular weight excluding hydrogens is 463 g/mol. The van der Waals surface area contributed by atoms with Crippen molar-refractivity contribution in [1.29, 1.82) is 0 Å². The molecule has 1 aliphatic heterocycles. The van der Waals surface area contributed by atoms with Crippen LogP contribution in [0.4, 0.5) is 13.2 Å². The van der Waals surface area contributed by atoms with E-state index in [9.17, 15) is 27.6 Å². The first-order valence-electron chi connectivity index (χ1n) is 11.2. The van der Waals surface area contributed by atoms with Gasteiger partial charge in [-0.25, -0.2) is 0 Å². The second kappa shape index (κ2) is 10.8. The number of amides is 3. The van der Waals surface area contributed by atoms with Gasteiger partial charge >= 0.3 is 6.18 Å². The number of piperazine rings is 1. The van der Waals surface area contributed by atoms with Crippen molar-refractivity contribution in [2.24, 2.45) is 5.92 Å². The molecule has 1 heterocycles. The molecule has 7 nitrogen and oxygen atoms in total. The molecule has 0 bridgehead atoms. The summed E-state index contributed by atoms with van der Waals surface area (Å²) in [4.78, 5) is 41.5. The fourth-order valence-electron chi connectivity index (χ4n) is 3.89. The minimum absolute atomic E-state index is 0.0913. The Hall–Kier alpha value is -3.56. The third-order valence-corrected chi connectivity index (χ3v) is 5.91. The summed E-state index contributed by atoms with van der Waals surface area (Å²) in [5.41, 5.74) is -1.01. The minimum atomic E-state index is -4.64.